The van der Waals surface area contributed by atoms with Gasteiger partial charge in [-0.2, -0.15) is 0 Å². The zero-order chi connectivity index (χ0) is 22.8. The van der Waals surface area contributed by atoms with Crippen molar-refractivity contribution in [1.29, 1.82) is 0 Å². The second-order valence-electron chi connectivity index (χ2n) is 7.26. The molecule has 0 saturated heterocycles. The molecule has 0 saturated carbocycles. The van der Waals surface area contributed by atoms with E-state index >= 15 is 0 Å². The molecule has 5 nitrogen and oxygen atoms in total. The summed E-state index contributed by atoms with van der Waals surface area (Å²) in [7, 11) is 0. The first-order chi connectivity index (χ1) is 15.3. The maximum absolute atomic E-state index is 14.2. The number of nitrogens with zero attached hydrogens (tertiary/aromatic N) is 1. The number of aryl methyl sites for hydroxylation is 1. The van der Waals surface area contributed by atoms with Crippen molar-refractivity contribution in [3.8, 4) is 28.4 Å². The molecule has 0 radical (unpaired) electrons. The number of hydrogen-bond acceptors (Lipinski definition) is 3. The van der Waals surface area contributed by atoms with Crippen LogP contribution in [-0.4, -0.2) is 20.7 Å². The van der Waals surface area contributed by atoms with Crippen molar-refractivity contribution in [3.05, 3.63) is 101 Å². The van der Waals surface area contributed by atoms with Crippen LogP contribution in [0.1, 0.15) is 21.6 Å². The number of hydrogen-bond donors (Lipinski definition) is 2. The van der Waals surface area contributed by atoms with E-state index in [2.05, 4.69) is 0 Å². The summed E-state index contributed by atoms with van der Waals surface area (Å²) in [6, 6.07) is 17.9. The van der Waals surface area contributed by atoms with Crippen LogP contribution in [0.5, 0.6) is 11.5 Å². The fraction of sp³-hybridized carbons (Fsp3) is 0.0800. The van der Waals surface area contributed by atoms with Gasteiger partial charge >= 0.3 is 5.97 Å². The molecule has 0 amide bonds. The van der Waals surface area contributed by atoms with Gasteiger partial charge in [0.05, 0.1) is 5.69 Å². The van der Waals surface area contributed by atoms with Crippen LogP contribution in [0.2, 0.25) is 0 Å². The monoisotopic (exact) mass is 435 g/mol. The maximum atomic E-state index is 14.2. The molecule has 162 valence electrons. The van der Waals surface area contributed by atoms with Gasteiger partial charge in [-0.25, -0.2) is 13.6 Å². The second kappa shape index (κ2) is 8.55. The second-order valence-corrected chi connectivity index (χ2v) is 7.26. The van der Waals surface area contributed by atoms with Gasteiger partial charge in [-0.1, -0.05) is 12.1 Å². The number of phenols is 1. The van der Waals surface area contributed by atoms with Crippen LogP contribution in [0, 0.1) is 18.6 Å². The Hall–Kier alpha value is -4.13. The van der Waals surface area contributed by atoms with Crippen LogP contribution in [0.4, 0.5) is 8.78 Å². The Bertz CT molecular complexity index is 1300. The zero-order valence-electron chi connectivity index (χ0n) is 17.0. The van der Waals surface area contributed by atoms with Crippen molar-refractivity contribution in [2.24, 2.45) is 0 Å². The van der Waals surface area contributed by atoms with E-state index in [1.165, 1.54) is 42.5 Å². The van der Waals surface area contributed by atoms with Crippen molar-refractivity contribution in [2.75, 3.05) is 0 Å². The Morgan fingerprint density at radius 3 is 2.38 bits per heavy atom. The number of ether oxygens (including phenoxy) is 1. The highest BCUT2D eigenvalue weighted by molar-refractivity contribution is 5.91. The Morgan fingerprint density at radius 2 is 1.66 bits per heavy atom. The predicted octanol–water partition coefficient (Wildman–Crippen LogP) is 5.71. The Balaban J connectivity index is 1.77. The van der Waals surface area contributed by atoms with Crippen LogP contribution >= 0.6 is 0 Å². The van der Waals surface area contributed by atoms with Gasteiger partial charge in [0.2, 0.25) is 0 Å². The highest BCUT2D eigenvalue weighted by Crippen LogP contribution is 2.35. The summed E-state index contributed by atoms with van der Waals surface area (Å²) in [6.45, 7) is 1.98. The van der Waals surface area contributed by atoms with Crippen LogP contribution < -0.4 is 4.74 Å². The molecule has 0 aliphatic heterocycles. The van der Waals surface area contributed by atoms with Crippen LogP contribution in [0.15, 0.2) is 72.8 Å². The molecule has 1 heterocycles. The first-order valence-corrected chi connectivity index (χ1v) is 9.75. The summed E-state index contributed by atoms with van der Waals surface area (Å²) in [4.78, 5) is 11.5. The van der Waals surface area contributed by atoms with E-state index in [0.717, 1.165) is 11.3 Å². The van der Waals surface area contributed by atoms with Crippen LogP contribution in [0.3, 0.4) is 0 Å². The third kappa shape index (κ3) is 4.18. The Morgan fingerprint density at radius 1 is 0.938 bits per heavy atom. The fourth-order valence-electron chi connectivity index (χ4n) is 3.50. The van der Waals surface area contributed by atoms with E-state index in [1.807, 2.05) is 13.0 Å². The smallest absolute Gasteiger partial charge is 0.339 e. The molecule has 32 heavy (non-hydrogen) atoms. The molecular formula is C25H19F2NO4. The predicted molar refractivity (Wildman–Crippen MR) is 115 cm³/mol. The molecule has 0 spiro atoms. The minimum Gasteiger partial charge on any atom is -0.507 e. The molecule has 0 atom stereocenters. The minimum atomic E-state index is -1.26. The normalized spacial score (nSPS) is 10.8. The van der Waals surface area contributed by atoms with Crippen molar-refractivity contribution in [2.45, 2.75) is 13.5 Å². The lowest BCUT2D eigenvalue weighted by atomic mass is 10.1. The van der Waals surface area contributed by atoms with Gasteiger partial charge in [0.15, 0.2) is 0 Å². The quantitative estimate of drug-likeness (QED) is 0.407. The van der Waals surface area contributed by atoms with Gasteiger partial charge in [0, 0.05) is 16.9 Å². The summed E-state index contributed by atoms with van der Waals surface area (Å²) in [5.41, 5.74) is 2.82. The first kappa shape index (κ1) is 21.1. The maximum Gasteiger partial charge on any atom is 0.339 e. The number of benzene rings is 3. The third-order valence-corrected chi connectivity index (χ3v) is 5.07. The van der Waals surface area contributed by atoms with Gasteiger partial charge in [-0.15, -0.1) is 0 Å². The molecular weight excluding hydrogens is 416 g/mol. The van der Waals surface area contributed by atoms with Crippen molar-refractivity contribution >= 4 is 5.97 Å². The van der Waals surface area contributed by atoms with Crippen molar-refractivity contribution in [1.82, 2.24) is 4.57 Å². The van der Waals surface area contributed by atoms with Gasteiger partial charge in [-0.05, 0) is 73.2 Å². The third-order valence-electron chi connectivity index (χ3n) is 5.07. The number of halogens is 2. The Kier molecular flexibility index (Phi) is 5.64. The van der Waals surface area contributed by atoms with E-state index in [4.69, 9.17) is 4.74 Å². The van der Waals surface area contributed by atoms with E-state index in [9.17, 15) is 23.8 Å². The number of carbonyl (C=O) groups is 1. The average molecular weight is 435 g/mol. The van der Waals surface area contributed by atoms with Crippen LogP contribution in [0.25, 0.3) is 16.9 Å². The Labute approximate surface area is 182 Å². The lowest BCUT2D eigenvalue weighted by molar-refractivity contribution is 0.0693. The van der Waals surface area contributed by atoms with Gasteiger partial charge in [0.25, 0.3) is 0 Å². The molecule has 0 fully saturated rings. The first-order valence-electron chi connectivity index (χ1n) is 9.75. The molecule has 1 aromatic heterocycles. The summed E-state index contributed by atoms with van der Waals surface area (Å²) in [5, 5.41) is 19.2. The van der Waals surface area contributed by atoms with E-state index in [0.29, 0.717) is 22.7 Å². The number of carboxylic acid groups (broad SMARTS) is 1. The van der Waals surface area contributed by atoms with E-state index in [-0.39, 0.29) is 23.7 Å². The zero-order valence-corrected chi connectivity index (χ0v) is 17.0. The van der Waals surface area contributed by atoms with E-state index < -0.39 is 11.8 Å². The molecule has 2 N–H and O–H groups in total. The molecule has 0 bridgehead atoms. The van der Waals surface area contributed by atoms with Crippen molar-refractivity contribution < 1.29 is 28.5 Å². The molecule has 0 aliphatic rings. The summed E-state index contributed by atoms with van der Waals surface area (Å²) < 4.78 is 35.0. The minimum absolute atomic E-state index is 0.154. The summed E-state index contributed by atoms with van der Waals surface area (Å²) in [5.74, 6) is -2.01. The topological polar surface area (TPSA) is 71.7 Å². The molecule has 4 aromatic rings. The lowest BCUT2D eigenvalue weighted by Crippen LogP contribution is -2.04. The molecule has 0 aliphatic carbocycles. The fourth-order valence-corrected chi connectivity index (χ4v) is 3.50. The van der Waals surface area contributed by atoms with Crippen LogP contribution in [-0.2, 0) is 6.61 Å². The number of aromatic hydroxyl groups is 1. The SMILES string of the molecule is Cc1ccc(-c2cc(F)ccc2OCc2ccc(F)cc2)n1-c1ccc(O)c(C(=O)O)c1. The highest BCUT2D eigenvalue weighted by Gasteiger charge is 2.18. The average Bonchev–Trinajstić information content (AvgIpc) is 3.15. The standard InChI is InChI=1S/C25H19F2NO4/c1-15-2-9-22(28(15)19-8-10-23(29)21(13-19)25(30)31)20-12-18(27)7-11-24(20)32-14-16-3-5-17(26)6-4-16/h2-13,29H,14H2,1H3,(H,30,31). The van der Waals surface area contributed by atoms with Gasteiger partial charge in [-0.3, -0.25) is 0 Å². The van der Waals surface area contributed by atoms with Gasteiger partial charge < -0.3 is 19.5 Å². The van der Waals surface area contributed by atoms with Crippen molar-refractivity contribution in [3.63, 3.8) is 0 Å². The number of rotatable bonds is 6. The highest BCUT2D eigenvalue weighted by atomic mass is 19.1. The lowest BCUT2D eigenvalue weighted by Gasteiger charge is -2.16. The molecule has 4 rings (SSSR count). The molecule has 7 heteroatoms. The number of carboxylic acids is 1. The van der Waals surface area contributed by atoms with Gasteiger partial charge in [0.1, 0.15) is 35.3 Å². The number of aromatic carboxylic acids is 1. The number of aromatic nitrogens is 1. The van der Waals surface area contributed by atoms with E-state index in [1.54, 1.807) is 28.8 Å². The largest absolute Gasteiger partial charge is 0.507 e. The summed E-state index contributed by atoms with van der Waals surface area (Å²) >= 11 is 0. The molecule has 3 aromatic carbocycles. The summed E-state index contributed by atoms with van der Waals surface area (Å²) in [6.07, 6.45) is 0. The molecule has 0 unspecified atom stereocenters.